The number of ether oxygens (including phenoxy) is 2. The van der Waals surface area contributed by atoms with E-state index in [9.17, 15) is 30.0 Å². The standard InChI is InChI=1S/C15H20O8/c1-6-7(16)3-14(20)12(2)5-22-11(19)15(12,21)8-4-13(6,14)9(17)10(18)23-8/h6-9,16-17,20-21H,3-5H2,1-2H3/t6-,7+,8-,9+,12+,13+,14+,15-/m1/s1. The molecule has 2 saturated heterocycles. The highest BCUT2D eigenvalue weighted by Crippen LogP contribution is 2.71. The van der Waals surface area contributed by atoms with Crippen molar-refractivity contribution in [1.29, 1.82) is 0 Å². The molecule has 0 aromatic carbocycles. The number of fused-ring (bicyclic) bond motifs is 4. The Kier molecular flexibility index (Phi) is 2.58. The van der Waals surface area contributed by atoms with Gasteiger partial charge in [-0.05, 0) is 19.3 Å². The van der Waals surface area contributed by atoms with Crippen LogP contribution in [0.4, 0.5) is 0 Å². The van der Waals surface area contributed by atoms with E-state index in [1.54, 1.807) is 6.92 Å². The topological polar surface area (TPSA) is 134 Å². The molecule has 8 nitrogen and oxygen atoms in total. The van der Waals surface area contributed by atoms with Crippen LogP contribution in [0.15, 0.2) is 0 Å². The number of hydrogen-bond acceptors (Lipinski definition) is 8. The van der Waals surface area contributed by atoms with Crippen LogP contribution < -0.4 is 0 Å². The molecule has 0 radical (unpaired) electrons. The molecule has 2 aliphatic carbocycles. The minimum absolute atomic E-state index is 0.115. The predicted octanol–water partition coefficient (Wildman–Crippen LogP) is -1.91. The van der Waals surface area contributed by atoms with E-state index in [1.807, 2.05) is 0 Å². The first kappa shape index (κ1) is 15.3. The minimum Gasteiger partial charge on any atom is -0.463 e. The highest BCUT2D eigenvalue weighted by Gasteiger charge is 2.86. The molecule has 2 bridgehead atoms. The van der Waals surface area contributed by atoms with Crippen molar-refractivity contribution in [2.75, 3.05) is 6.61 Å². The van der Waals surface area contributed by atoms with Gasteiger partial charge in [0.25, 0.3) is 0 Å². The summed E-state index contributed by atoms with van der Waals surface area (Å²) < 4.78 is 10.1. The molecule has 2 saturated carbocycles. The number of carbonyl (C=O) groups is 2. The zero-order valence-electron chi connectivity index (χ0n) is 12.9. The first-order chi connectivity index (χ1) is 10.6. The molecule has 4 rings (SSSR count). The Morgan fingerprint density at radius 1 is 1.17 bits per heavy atom. The van der Waals surface area contributed by atoms with Gasteiger partial charge in [0.2, 0.25) is 5.60 Å². The Morgan fingerprint density at radius 3 is 2.48 bits per heavy atom. The SMILES string of the molecule is C[C@@H]1[C@@H](O)C[C@@]2(O)[C@@]13C[C@@H](OC(=O)[C@@H]3O)[C@@]1(O)C(=O)OC[C@@]21C. The van der Waals surface area contributed by atoms with Crippen molar-refractivity contribution in [3.05, 3.63) is 0 Å². The number of esters is 2. The van der Waals surface area contributed by atoms with Crippen LogP contribution in [0.5, 0.6) is 0 Å². The van der Waals surface area contributed by atoms with E-state index in [0.29, 0.717) is 0 Å². The Bertz CT molecular complexity index is 621. The van der Waals surface area contributed by atoms with Crippen LogP contribution in [0.3, 0.4) is 0 Å². The maximum atomic E-state index is 12.2. The van der Waals surface area contributed by atoms with E-state index in [1.165, 1.54) is 6.92 Å². The van der Waals surface area contributed by atoms with Gasteiger partial charge in [0.05, 0.1) is 17.1 Å². The van der Waals surface area contributed by atoms with Crippen molar-refractivity contribution in [3.63, 3.8) is 0 Å². The van der Waals surface area contributed by atoms with E-state index in [-0.39, 0.29) is 19.4 Å². The Morgan fingerprint density at radius 2 is 1.83 bits per heavy atom. The summed E-state index contributed by atoms with van der Waals surface area (Å²) in [7, 11) is 0. The van der Waals surface area contributed by atoms with Crippen LogP contribution in [0.25, 0.3) is 0 Å². The average molecular weight is 328 g/mol. The van der Waals surface area contributed by atoms with Gasteiger partial charge in [-0.3, -0.25) is 0 Å². The van der Waals surface area contributed by atoms with Gasteiger partial charge in [0.15, 0.2) is 6.10 Å². The summed E-state index contributed by atoms with van der Waals surface area (Å²) in [4.78, 5) is 24.4. The third-order valence-electron chi connectivity index (χ3n) is 7.18. The number of rotatable bonds is 0. The molecule has 0 unspecified atom stereocenters. The Balaban J connectivity index is 2.02. The Labute approximate surface area is 132 Å². The van der Waals surface area contributed by atoms with Crippen LogP contribution >= 0.6 is 0 Å². The van der Waals surface area contributed by atoms with Gasteiger partial charge in [-0.25, -0.2) is 9.59 Å². The van der Waals surface area contributed by atoms with E-state index in [4.69, 9.17) is 9.47 Å². The average Bonchev–Trinajstić information content (AvgIpc) is 2.85. The summed E-state index contributed by atoms with van der Waals surface area (Å²) in [6.45, 7) is 2.85. The van der Waals surface area contributed by atoms with Gasteiger partial charge < -0.3 is 29.9 Å². The third-order valence-corrected chi connectivity index (χ3v) is 7.18. The van der Waals surface area contributed by atoms with E-state index in [0.717, 1.165) is 0 Å². The minimum atomic E-state index is -2.20. The number of carbonyl (C=O) groups excluding carboxylic acids is 2. The highest BCUT2D eigenvalue weighted by atomic mass is 16.6. The Hall–Kier alpha value is -1.22. The molecular weight excluding hydrogens is 308 g/mol. The van der Waals surface area contributed by atoms with Crippen molar-refractivity contribution in [2.24, 2.45) is 16.7 Å². The zero-order chi connectivity index (χ0) is 17.0. The van der Waals surface area contributed by atoms with Gasteiger partial charge in [-0.2, -0.15) is 0 Å². The van der Waals surface area contributed by atoms with Crippen molar-refractivity contribution in [2.45, 2.75) is 56.2 Å². The van der Waals surface area contributed by atoms with Crippen molar-refractivity contribution < 1.29 is 39.5 Å². The molecule has 0 amide bonds. The number of hydrogen-bond donors (Lipinski definition) is 4. The molecule has 4 fully saturated rings. The second-order valence-electron chi connectivity index (χ2n) is 7.67. The lowest BCUT2D eigenvalue weighted by Crippen LogP contribution is -2.80. The molecule has 4 aliphatic rings. The fourth-order valence-electron chi connectivity index (χ4n) is 5.64. The third kappa shape index (κ3) is 1.21. The summed E-state index contributed by atoms with van der Waals surface area (Å²) >= 11 is 0. The van der Waals surface area contributed by atoms with Crippen LogP contribution in [0.1, 0.15) is 26.7 Å². The molecule has 128 valence electrons. The molecule has 8 heteroatoms. The van der Waals surface area contributed by atoms with Crippen LogP contribution in [-0.2, 0) is 19.1 Å². The molecule has 2 heterocycles. The molecular formula is C15H20O8. The van der Waals surface area contributed by atoms with E-state index in [2.05, 4.69) is 0 Å². The summed E-state index contributed by atoms with van der Waals surface area (Å²) in [5, 5.41) is 43.5. The van der Waals surface area contributed by atoms with Crippen LogP contribution in [0.2, 0.25) is 0 Å². The van der Waals surface area contributed by atoms with E-state index < -0.39 is 58.2 Å². The number of aliphatic hydroxyl groups is 4. The van der Waals surface area contributed by atoms with Gasteiger partial charge in [-0.1, -0.05) is 6.92 Å². The summed E-state index contributed by atoms with van der Waals surface area (Å²) in [6.07, 6.45) is -4.15. The largest absolute Gasteiger partial charge is 0.463 e. The normalized spacial score (nSPS) is 60.8. The van der Waals surface area contributed by atoms with Gasteiger partial charge in [-0.15, -0.1) is 0 Å². The number of aliphatic hydroxyl groups excluding tert-OH is 2. The lowest BCUT2D eigenvalue weighted by atomic mass is 9.44. The smallest absolute Gasteiger partial charge is 0.342 e. The quantitative estimate of drug-likeness (QED) is 0.379. The van der Waals surface area contributed by atoms with Crippen LogP contribution in [-0.4, -0.2) is 68.5 Å². The fourth-order valence-corrected chi connectivity index (χ4v) is 5.64. The first-order valence-electron chi connectivity index (χ1n) is 7.75. The van der Waals surface area contributed by atoms with Gasteiger partial charge in [0, 0.05) is 11.8 Å². The van der Waals surface area contributed by atoms with Crippen molar-refractivity contribution >= 4 is 11.9 Å². The lowest BCUT2D eigenvalue weighted by Gasteiger charge is -2.64. The van der Waals surface area contributed by atoms with Gasteiger partial charge >= 0.3 is 11.9 Å². The highest BCUT2D eigenvalue weighted by molar-refractivity contribution is 5.87. The predicted molar refractivity (Wildman–Crippen MR) is 71.7 cm³/mol. The molecule has 0 aromatic rings. The number of cyclic esters (lactones) is 1. The van der Waals surface area contributed by atoms with E-state index >= 15 is 0 Å². The maximum absolute atomic E-state index is 12.2. The lowest BCUT2D eigenvalue weighted by molar-refractivity contribution is -0.320. The van der Waals surface area contributed by atoms with Gasteiger partial charge in [0.1, 0.15) is 12.7 Å². The van der Waals surface area contributed by atoms with Crippen LogP contribution in [0, 0.1) is 16.7 Å². The maximum Gasteiger partial charge on any atom is 0.342 e. The molecule has 8 atom stereocenters. The summed E-state index contributed by atoms with van der Waals surface area (Å²) in [5.74, 6) is -2.57. The molecule has 1 spiro atoms. The zero-order valence-corrected chi connectivity index (χ0v) is 12.9. The second kappa shape index (κ2) is 3.88. The molecule has 23 heavy (non-hydrogen) atoms. The van der Waals surface area contributed by atoms with Crippen molar-refractivity contribution in [3.8, 4) is 0 Å². The molecule has 2 aliphatic heterocycles. The fraction of sp³-hybridized carbons (Fsp3) is 0.867. The molecule has 0 aromatic heterocycles. The first-order valence-corrected chi connectivity index (χ1v) is 7.75. The summed E-state index contributed by atoms with van der Waals surface area (Å²) in [5.41, 5.74) is -6.96. The summed E-state index contributed by atoms with van der Waals surface area (Å²) in [6, 6.07) is 0. The van der Waals surface area contributed by atoms with Crippen molar-refractivity contribution in [1.82, 2.24) is 0 Å². The monoisotopic (exact) mass is 328 g/mol. The second-order valence-corrected chi connectivity index (χ2v) is 7.67. The molecule has 4 N–H and O–H groups in total.